The van der Waals surface area contributed by atoms with Crippen molar-refractivity contribution in [3.63, 3.8) is 0 Å². The molecule has 9 heteroatoms. The first-order valence-electron chi connectivity index (χ1n) is 10.5. The van der Waals surface area contributed by atoms with Crippen molar-refractivity contribution in [1.29, 1.82) is 0 Å². The number of carbonyl (C=O) groups excluding carboxylic acids is 1. The van der Waals surface area contributed by atoms with Crippen LogP contribution in [0.1, 0.15) is 18.1 Å². The van der Waals surface area contributed by atoms with Gasteiger partial charge in [-0.3, -0.25) is 9.10 Å². The largest absolute Gasteiger partial charge is 0.497 e. The maximum absolute atomic E-state index is 13.5. The quantitative estimate of drug-likeness (QED) is 0.371. The highest BCUT2D eigenvalue weighted by atomic mass is 32.2. The molecule has 0 atom stereocenters. The standard InChI is InChI=1S/C25H27N3O5S/c1-18-10-12-20(13-11-18)19(2)26-27-25(29)17-28(34(30,31)22-8-6-5-7-9-22)23-15-14-21(32-3)16-24(23)33-4/h5-16H,17H2,1-4H3,(H,27,29)/b26-19-. The predicted molar refractivity (Wildman–Crippen MR) is 132 cm³/mol. The Morgan fingerprint density at radius 1 is 0.971 bits per heavy atom. The highest BCUT2D eigenvalue weighted by molar-refractivity contribution is 7.92. The summed E-state index contributed by atoms with van der Waals surface area (Å²) in [6.45, 7) is 3.23. The molecule has 0 aromatic heterocycles. The van der Waals surface area contributed by atoms with Crippen molar-refractivity contribution in [2.24, 2.45) is 5.10 Å². The van der Waals surface area contributed by atoms with E-state index >= 15 is 0 Å². The highest BCUT2D eigenvalue weighted by Crippen LogP contribution is 2.35. The summed E-state index contributed by atoms with van der Waals surface area (Å²) in [5.74, 6) is 0.121. The van der Waals surface area contributed by atoms with E-state index < -0.39 is 22.5 Å². The van der Waals surface area contributed by atoms with E-state index in [1.54, 1.807) is 37.3 Å². The Hall–Kier alpha value is -3.85. The summed E-state index contributed by atoms with van der Waals surface area (Å²) < 4.78 is 38.6. The van der Waals surface area contributed by atoms with Crippen LogP contribution in [0.15, 0.2) is 82.8 Å². The van der Waals surface area contributed by atoms with E-state index in [9.17, 15) is 13.2 Å². The van der Waals surface area contributed by atoms with Crippen LogP contribution in [0.4, 0.5) is 5.69 Å². The number of anilines is 1. The lowest BCUT2D eigenvalue weighted by atomic mass is 10.1. The number of benzene rings is 3. The van der Waals surface area contributed by atoms with Gasteiger partial charge >= 0.3 is 0 Å². The van der Waals surface area contributed by atoms with Gasteiger partial charge in [-0.2, -0.15) is 5.10 Å². The minimum absolute atomic E-state index is 0.0417. The summed E-state index contributed by atoms with van der Waals surface area (Å²) in [6.07, 6.45) is 0. The van der Waals surface area contributed by atoms with Gasteiger partial charge in [-0.25, -0.2) is 13.8 Å². The summed E-state index contributed by atoms with van der Waals surface area (Å²) in [6, 6.07) is 20.3. The summed E-state index contributed by atoms with van der Waals surface area (Å²) in [5.41, 5.74) is 5.19. The third-order valence-electron chi connectivity index (χ3n) is 5.09. The van der Waals surface area contributed by atoms with Crippen LogP contribution in [0.25, 0.3) is 0 Å². The Morgan fingerprint density at radius 3 is 2.26 bits per heavy atom. The smallest absolute Gasteiger partial charge is 0.264 e. The molecular weight excluding hydrogens is 454 g/mol. The monoisotopic (exact) mass is 481 g/mol. The molecule has 3 rings (SSSR count). The van der Waals surface area contributed by atoms with Crippen molar-refractivity contribution in [3.05, 3.63) is 83.9 Å². The second-order valence-electron chi connectivity index (χ2n) is 7.46. The number of hydrogen-bond acceptors (Lipinski definition) is 6. The maximum atomic E-state index is 13.5. The molecule has 8 nitrogen and oxygen atoms in total. The Balaban J connectivity index is 1.94. The zero-order valence-corrected chi connectivity index (χ0v) is 20.3. The van der Waals surface area contributed by atoms with Crippen molar-refractivity contribution in [1.82, 2.24) is 5.43 Å². The van der Waals surface area contributed by atoms with Gasteiger partial charge in [0.05, 0.1) is 30.5 Å². The number of ether oxygens (including phenoxy) is 2. The fourth-order valence-electron chi connectivity index (χ4n) is 3.18. The number of hydrazone groups is 1. The molecule has 0 fully saturated rings. The molecule has 0 aliphatic carbocycles. The van der Waals surface area contributed by atoms with E-state index in [-0.39, 0.29) is 16.3 Å². The van der Waals surface area contributed by atoms with Crippen molar-refractivity contribution < 1.29 is 22.7 Å². The lowest BCUT2D eigenvalue weighted by Crippen LogP contribution is -2.40. The van der Waals surface area contributed by atoms with Crippen LogP contribution in [0, 0.1) is 6.92 Å². The van der Waals surface area contributed by atoms with Crippen molar-refractivity contribution in [3.8, 4) is 11.5 Å². The normalized spacial score (nSPS) is 11.6. The minimum atomic E-state index is -4.09. The number of carbonyl (C=O) groups is 1. The number of amides is 1. The van der Waals surface area contributed by atoms with Crippen molar-refractivity contribution in [2.75, 3.05) is 25.1 Å². The molecule has 0 unspecified atom stereocenters. The molecular formula is C25H27N3O5S. The molecule has 3 aromatic carbocycles. The summed E-state index contributed by atoms with van der Waals surface area (Å²) >= 11 is 0. The van der Waals surface area contributed by atoms with Gasteiger partial charge in [-0.1, -0.05) is 48.0 Å². The predicted octanol–water partition coefficient (Wildman–Crippen LogP) is 3.75. The number of hydrogen-bond donors (Lipinski definition) is 1. The zero-order valence-electron chi connectivity index (χ0n) is 19.5. The van der Waals surface area contributed by atoms with Gasteiger partial charge in [0.25, 0.3) is 15.9 Å². The molecule has 0 aliphatic heterocycles. The second-order valence-corrected chi connectivity index (χ2v) is 9.32. The number of rotatable bonds is 9. The van der Waals surface area contributed by atoms with E-state index in [4.69, 9.17) is 9.47 Å². The molecule has 0 bridgehead atoms. The average Bonchev–Trinajstić information content (AvgIpc) is 2.86. The molecule has 0 saturated heterocycles. The zero-order chi connectivity index (χ0) is 24.7. The van der Waals surface area contributed by atoms with E-state index in [0.717, 1.165) is 15.4 Å². The van der Waals surface area contributed by atoms with Crippen LogP contribution in [0.2, 0.25) is 0 Å². The molecule has 0 heterocycles. The number of aryl methyl sites for hydroxylation is 1. The molecule has 178 valence electrons. The summed E-state index contributed by atoms with van der Waals surface area (Å²) in [7, 11) is -1.18. The molecule has 34 heavy (non-hydrogen) atoms. The summed E-state index contributed by atoms with van der Waals surface area (Å²) in [5, 5.41) is 4.14. The van der Waals surface area contributed by atoms with E-state index in [2.05, 4.69) is 10.5 Å². The van der Waals surface area contributed by atoms with Crippen LogP contribution in [0.3, 0.4) is 0 Å². The molecule has 0 saturated carbocycles. The van der Waals surface area contributed by atoms with Crippen molar-refractivity contribution >= 4 is 27.3 Å². The first-order chi connectivity index (χ1) is 16.3. The van der Waals surface area contributed by atoms with Gasteiger partial charge in [0.2, 0.25) is 0 Å². The lowest BCUT2D eigenvalue weighted by Gasteiger charge is -2.25. The Morgan fingerprint density at radius 2 is 1.65 bits per heavy atom. The van der Waals surface area contributed by atoms with Gasteiger partial charge in [0.1, 0.15) is 18.0 Å². The van der Waals surface area contributed by atoms with Gasteiger partial charge in [-0.15, -0.1) is 0 Å². The van der Waals surface area contributed by atoms with E-state index in [1.807, 2.05) is 31.2 Å². The van der Waals surface area contributed by atoms with Gasteiger partial charge in [0, 0.05) is 6.07 Å². The van der Waals surface area contributed by atoms with Crippen LogP contribution >= 0.6 is 0 Å². The van der Waals surface area contributed by atoms with Gasteiger partial charge in [-0.05, 0) is 43.7 Å². The lowest BCUT2D eigenvalue weighted by molar-refractivity contribution is -0.119. The Labute approximate surface area is 199 Å². The highest BCUT2D eigenvalue weighted by Gasteiger charge is 2.29. The molecule has 0 aliphatic rings. The first kappa shape index (κ1) is 24.8. The molecule has 1 N–H and O–H groups in total. The van der Waals surface area contributed by atoms with Crippen LogP contribution in [-0.4, -0.2) is 40.8 Å². The molecule has 0 radical (unpaired) electrons. The average molecular weight is 482 g/mol. The number of methoxy groups -OCH3 is 2. The fourth-order valence-corrected chi connectivity index (χ4v) is 4.63. The molecule has 0 spiro atoms. The summed E-state index contributed by atoms with van der Waals surface area (Å²) in [4.78, 5) is 12.9. The third-order valence-corrected chi connectivity index (χ3v) is 6.87. The van der Waals surface area contributed by atoms with Crippen molar-refractivity contribution in [2.45, 2.75) is 18.7 Å². The Bertz CT molecular complexity index is 1270. The number of sulfonamides is 1. The molecule has 1 amide bonds. The second kappa shape index (κ2) is 10.8. The maximum Gasteiger partial charge on any atom is 0.264 e. The van der Waals surface area contributed by atoms with E-state index in [1.165, 1.54) is 32.4 Å². The topological polar surface area (TPSA) is 97.3 Å². The van der Waals surface area contributed by atoms with Crippen LogP contribution < -0.4 is 19.2 Å². The van der Waals surface area contributed by atoms with Crippen LogP contribution in [0.5, 0.6) is 11.5 Å². The van der Waals surface area contributed by atoms with Gasteiger partial charge in [0.15, 0.2) is 0 Å². The number of nitrogens with zero attached hydrogens (tertiary/aromatic N) is 2. The Kier molecular flexibility index (Phi) is 7.91. The number of nitrogens with one attached hydrogen (secondary N) is 1. The van der Waals surface area contributed by atoms with E-state index in [0.29, 0.717) is 11.5 Å². The third kappa shape index (κ3) is 5.74. The first-order valence-corrected chi connectivity index (χ1v) is 11.9. The SMILES string of the molecule is COc1ccc(N(CC(=O)N/N=C(/C)c2ccc(C)cc2)S(=O)(=O)c2ccccc2)c(OC)c1. The minimum Gasteiger partial charge on any atom is -0.497 e. The van der Waals surface area contributed by atoms with Gasteiger partial charge < -0.3 is 9.47 Å². The van der Waals surface area contributed by atoms with Crippen LogP contribution in [-0.2, 0) is 14.8 Å². The molecule has 3 aromatic rings. The fraction of sp³-hybridized carbons (Fsp3) is 0.200.